The van der Waals surface area contributed by atoms with Crippen LogP contribution in [0.3, 0.4) is 0 Å². The van der Waals surface area contributed by atoms with E-state index in [-0.39, 0.29) is 18.3 Å². The summed E-state index contributed by atoms with van der Waals surface area (Å²) in [5.41, 5.74) is 0.678. The zero-order valence-corrected chi connectivity index (χ0v) is 14.7. The van der Waals surface area contributed by atoms with E-state index in [9.17, 15) is 4.79 Å². The van der Waals surface area contributed by atoms with Gasteiger partial charge in [0.05, 0.1) is 6.26 Å². The Labute approximate surface area is 149 Å². The van der Waals surface area contributed by atoms with Crippen LogP contribution in [0.15, 0.2) is 47.1 Å². The standard InChI is InChI=1S/C18H19N3O3S/c1-2-3-9-15-20-21-18(25-15)19-17(22)16-13(10-11-23-16)12-24-14-7-5-4-6-8-14/h4-8,10-11H,2-3,9,12H2,1H3,(H,19,21,22). The number of aryl methyl sites for hydroxylation is 1. The van der Waals surface area contributed by atoms with Crippen molar-refractivity contribution in [1.29, 1.82) is 0 Å². The molecule has 25 heavy (non-hydrogen) atoms. The number of unbranched alkanes of at least 4 members (excludes halogenated alkanes) is 1. The lowest BCUT2D eigenvalue weighted by atomic mass is 10.2. The van der Waals surface area contributed by atoms with Gasteiger partial charge in [0.1, 0.15) is 17.4 Å². The molecule has 0 spiro atoms. The molecule has 0 bridgehead atoms. The van der Waals surface area contributed by atoms with Crippen molar-refractivity contribution in [2.45, 2.75) is 32.8 Å². The Balaban J connectivity index is 1.61. The van der Waals surface area contributed by atoms with Crippen molar-refractivity contribution in [3.63, 3.8) is 0 Å². The molecule has 0 saturated heterocycles. The Hall–Kier alpha value is -2.67. The number of carbonyl (C=O) groups excluding carboxylic acids is 1. The van der Waals surface area contributed by atoms with E-state index in [4.69, 9.17) is 9.15 Å². The molecule has 0 aliphatic rings. The minimum atomic E-state index is -0.352. The highest BCUT2D eigenvalue weighted by molar-refractivity contribution is 7.15. The Morgan fingerprint density at radius 1 is 1.24 bits per heavy atom. The first-order valence-electron chi connectivity index (χ1n) is 8.14. The first-order valence-corrected chi connectivity index (χ1v) is 8.96. The molecule has 0 radical (unpaired) electrons. The number of nitrogens with one attached hydrogen (secondary N) is 1. The van der Waals surface area contributed by atoms with Crippen molar-refractivity contribution in [3.8, 4) is 5.75 Å². The molecule has 0 atom stereocenters. The molecule has 0 aliphatic carbocycles. The van der Waals surface area contributed by atoms with Crippen LogP contribution >= 0.6 is 11.3 Å². The van der Waals surface area contributed by atoms with Crippen molar-refractivity contribution in [1.82, 2.24) is 10.2 Å². The molecule has 0 unspecified atom stereocenters. The molecular weight excluding hydrogens is 338 g/mol. The molecule has 3 aromatic rings. The van der Waals surface area contributed by atoms with Gasteiger partial charge in [-0.25, -0.2) is 0 Å². The van der Waals surface area contributed by atoms with E-state index in [2.05, 4.69) is 22.4 Å². The van der Waals surface area contributed by atoms with E-state index in [0.717, 1.165) is 30.0 Å². The lowest BCUT2D eigenvalue weighted by Gasteiger charge is -2.06. The summed E-state index contributed by atoms with van der Waals surface area (Å²) in [6.45, 7) is 2.38. The van der Waals surface area contributed by atoms with E-state index < -0.39 is 0 Å². The van der Waals surface area contributed by atoms with Gasteiger partial charge in [0, 0.05) is 12.0 Å². The molecule has 1 aromatic carbocycles. The number of benzene rings is 1. The molecule has 1 amide bonds. The number of hydrogen-bond acceptors (Lipinski definition) is 6. The first-order chi connectivity index (χ1) is 12.3. The van der Waals surface area contributed by atoms with Gasteiger partial charge in [-0.15, -0.1) is 10.2 Å². The summed E-state index contributed by atoms with van der Waals surface area (Å²) >= 11 is 1.39. The molecule has 130 valence electrons. The second-order valence-corrected chi connectivity index (χ2v) is 6.50. The Morgan fingerprint density at radius 2 is 2.08 bits per heavy atom. The van der Waals surface area contributed by atoms with E-state index in [0.29, 0.717) is 10.7 Å². The third-order valence-electron chi connectivity index (χ3n) is 3.52. The summed E-state index contributed by atoms with van der Waals surface area (Å²) in [6, 6.07) is 11.1. The van der Waals surface area contributed by atoms with Crippen LogP contribution in [0.5, 0.6) is 5.75 Å². The van der Waals surface area contributed by atoms with Crippen LogP contribution in [0.1, 0.15) is 40.9 Å². The highest BCUT2D eigenvalue weighted by atomic mass is 32.1. The minimum Gasteiger partial charge on any atom is -0.489 e. The van der Waals surface area contributed by atoms with E-state index >= 15 is 0 Å². The van der Waals surface area contributed by atoms with Crippen LogP contribution in [-0.2, 0) is 13.0 Å². The number of hydrogen-bond donors (Lipinski definition) is 1. The number of furan rings is 1. The number of rotatable bonds is 8. The third kappa shape index (κ3) is 4.67. The first kappa shape index (κ1) is 17.2. The number of ether oxygens (including phenoxy) is 1. The van der Waals surface area contributed by atoms with E-state index in [1.165, 1.54) is 17.6 Å². The van der Waals surface area contributed by atoms with Crippen molar-refractivity contribution < 1.29 is 13.9 Å². The average Bonchev–Trinajstić information content (AvgIpc) is 3.28. The van der Waals surface area contributed by atoms with Crippen molar-refractivity contribution in [3.05, 3.63) is 59.0 Å². The predicted molar refractivity (Wildman–Crippen MR) is 96.0 cm³/mol. The van der Waals surface area contributed by atoms with Gasteiger partial charge in [0.25, 0.3) is 5.91 Å². The number of amides is 1. The van der Waals surface area contributed by atoms with Gasteiger partial charge >= 0.3 is 0 Å². The molecule has 6 nitrogen and oxygen atoms in total. The highest BCUT2D eigenvalue weighted by Gasteiger charge is 2.18. The monoisotopic (exact) mass is 357 g/mol. The molecule has 2 heterocycles. The Kier molecular flexibility index (Phi) is 5.79. The molecule has 0 fully saturated rings. The van der Waals surface area contributed by atoms with Gasteiger partial charge in [-0.05, 0) is 24.6 Å². The highest BCUT2D eigenvalue weighted by Crippen LogP contribution is 2.20. The second kappa shape index (κ2) is 8.43. The molecule has 0 saturated carbocycles. The number of anilines is 1. The SMILES string of the molecule is CCCCc1nnc(NC(=O)c2occc2COc2ccccc2)s1. The summed E-state index contributed by atoms with van der Waals surface area (Å²) in [5.74, 6) is 0.607. The fourth-order valence-corrected chi connectivity index (χ4v) is 2.99. The number of aromatic nitrogens is 2. The van der Waals surface area contributed by atoms with Gasteiger partial charge in [-0.3, -0.25) is 10.1 Å². The van der Waals surface area contributed by atoms with Gasteiger partial charge < -0.3 is 9.15 Å². The molecule has 3 rings (SSSR count). The van der Waals surface area contributed by atoms with Gasteiger partial charge in [0.15, 0.2) is 5.76 Å². The number of nitrogens with zero attached hydrogens (tertiary/aromatic N) is 2. The van der Waals surface area contributed by atoms with Gasteiger partial charge in [0.2, 0.25) is 5.13 Å². The molecule has 1 N–H and O–H groups in total. The van der Waals surface area contributed by atoms with Crippen LogP contribution in [0, 0.1) is 0 Å². The summed E-state index contributed by atoms with van der Waals surface area (Å²) in [6.07, 6.45) is 4.51. The molecule has 0 aliphatic heterocycles. The van der Waals surface area contributed by atoms with Crippen LogP contribution in [0.2, 0.25) is 0 Å². The largest absolute Gasteiger partial charge is 0.489 e. The van der Waals surface area contributed by atoms with Gasteiger partial charge in [-0.1, -0.05) is 42.9 Å². The Morgan fingerprint density at radius 3 is 2.88 bits per heavy atom. The Bertz CT molecular complexity index is 814. The van der Waals surface area contributed by atoms with Crippen molar-refractivity contribution in [2.75, 3.05) is 5.32 Å². The molecule has 2 aromatic heterocycles. The minimum absolute atomic E-state index is 0.223. The van der Waals surface area contributed by atoms with E-state index in [1.54, 1.807) is 6.07 Å². The van der Waals surface area contributed by atoms with E-state index in [1.807, 2.05) is 30.3 Å². The van der Waals surface area contributed by atoms with Crippen LogP contribution in [-0.4, -0.2) is 16.1 Å². The molecular formula is C18H19N3O3S. The van der Waals surface area contributed by atoms with Crippen LogP contribution in [0.4, 0.5) is 5.13 Å². The topological polar surface area (TPSA) is 77.3 Å². The summed E-state index contributed by atoms with van der Waals surface area (Å²) in [7, 11) is 0. The molecule has 7 heteroatoms. The zero-order valence-electron chi connectivity index (χ0n) is 13.9. The fourth-order valence-electron chi connectivity index (χ4n) is 2.21. The second-order valence-electron chi connectivity index (χ2n) is 5.44. The lowest BCUT2D eigenvalue weighted by Crippen LogP contribution is -2.13. The fraction of sp³-hybridized carbons (Fsp3) is 0.278. The zero-order chi connectivity index (χ0) is 17.5. The lowest BCUT2D eigenvalue weighted by molar-refractivity contribution is 0.0993. The van der Waals surface area contributed by atoms with Crippen LogP contribution in [0.25, 0.3) is 0 Å². The van der Waals surface area contributed by atoms with Crippen molar-refractivity contribution >= 4 is 22.4 Å². The summed E-state index contributed by atoms with van der Waals surface area (Å²) in [4.78, 5) is 12.4. The van der Waals surface area contributed by atoms with Gasteiger partial charge in [-0.2, -0.15) is 0 Å². The number of para-hydroxylation sites is 1. The quantitative estimate of drug-likeness (QED) is 0.650. The van der Waals surface area contributed by atoms with Crippen molar-refractivity contribution in [2.24, 2.45) is 0 Å². The average molecular weight is 357 g/mol. The normalized spacial score (nSPS) is 10.6. The summed E-state index contributed by atoms with van der Waals surface area (Å²) < 4.78 is 11.0. The third-order valence-corrected chi connectivity index (χ3v) is 4.42. The maximum Gasteiger partial charge on any atom is 0.293 e. The van der Waals surface area contributed by atoms with Crippen LogP contribution < -0.4 is 10.1 Å². The predicted octanol–water partition coefficient (Wildman–Crippen LogP) is 4.31. The summed E-state index contributed by atoms with van der Waals surface area (Å²) in [5, 5.41) is 12.2. The smallest absolute Gasteiger partial charge is 0.293 e. The number of carbonyl (C=O) groups is 1. The maximum absolute atomic E-state index is 12.4. The maximum atomic E-state index is 12.4.